The Kier molecular flexibility index (Phi) is 5.52. The number of carbonyl (C=O) groups is 1. The van der Waals surface area contributed by atoms with Gasteiger partial charge in [-0.15, -0.1) is 11.3 Å². The van der Waals surface area contributed by atoms with Gasteiger partial charge in [0.15, 0.2) is 11.5 Å². The molecule has 0 radical (unpaired) electrons. The van der Waals surface area contributed by atoms with Crippen LogP contribution < -0.4 is 20.5 Å². The number of anilines is 3. The predicted molar refractivity (Wildman–Crippen MR) is 111 cm³/mol. The van der Waals surface area contributed by atoms with E-state index >= 15 is 0 Å². The van der Waals surface area contributed by atoms with Crippen molar-refractivity contribution < 1.29 is 14.3 Å². The number of aryl methyl sites for hydroxylation is 1. The van der Waals surface area contributed by atoms with E-state index in [1.165, 1.54) is 0 Å². The lowest BCUT2D eigenvalue weighted by Gasteiger charge is -2.10. The molecule has 0 saturated heterocycles. The number of nitrogen functional groups attached to an aromatic ring is 1. The topological polar surface area (TPSA) is 97.4 Å². The normalized spacial score (nSPS) is 10.2. The highest BCUT2D eigenvalue weighted by atomic mass is 32.1. The molecule has 0 bridgehead atoms. The summed E-state index contributed by atoms with van der Waals surface area (Å²) in [5.74, 6) is 0.931. The molecular formula is C21H19N3O3S. The van der Waals surface area contributed by atoms with E-state index in [1.54, 1.807) is 44.6 Å². The monoisotopic (exact) mass is 393 g/mol. The van der Waals surface area contributed by atoms with E-state index in [1.807, 2.05) is 19.1 Å². The average molecular weight is 393 g/mol. The Morgan fingerprint density at radius 2 is 1.79 bits per heavy atom. The molecule has 28 heavy (non-hydrogen) atoms. The Morgan fingerprint density at radius 3 is 2.39 bits per heavy atom. The third kappa shape index (κ3) is 3.63. The molecule has 142 valence electrons. The summed E-state index contributed by atoms with van der Waals surface area (Å²) in [4.78, 5) is 13.2. The van der Waals surface area contributed by atoms with Crippen LogP contribution in [0.2, 0.25) is 0 Å². The largest absolute Gasteiger partial charge is 0.493 e. The Hall–Kier alpha value is -3.50. The molecule has 1 aromatic heterocycles. The van der Waals surface area contributed by atoms with Crippen LogP contribution in [0.4, 0.5) is 16.4 Å². The highest BCUT2D eigenvalue weighted by Gasteiger charge is 2.22. The van der Waals surface area contributed by atoms with Gasteiger partial charge in [-0.05, 0) is 19.1 Å². The summed E-state index contributed by atoms with van der Waals surface area (Å²) in [6.07, 6.45) is 0. The summed E-state index contributed by atoms with van der Waals surface area (Å²) in [6.45, 7) is 1.95. The molecule has 0 spiro atoms. The first kappa shape index (κ1) is 19.3. The molecule has 3 rings (SSSR count). The van der Waals surface area contributed by atoms with Crippen LogP contribution in [0, 0.1) is 18.3 Å². The SMILES string of the molecule is COc1ccc(Nc2sc(C(=O)c3ccc(C)cc3)c(N)c2C#N)cc1OC. The van der Waals surface area contributed by atoms with Crippen LogP contribution in [0.15, 0.2) is 42.5 Å². The summed E-state index contributed by atoms with van der Waals surface area (Å²) < 4.78 is 10.5. The van der Waals surface area contributed by atoms with Gasteiger partial charge >= 0.3 is 0 Å². The van der Waals surface area contributed by atoms with Crippen LogP contribution in [0.5, 0.6) is 11.5 Å². The summed E-state index contributed by atoms with van der Waals surface area (Å²) in [5.41, 5.74) is 8.82. The van der Waals surface area contributed by atoms with Gasteiger partial charge in [0.1, 0.15) is 21.5 Å². The van der Waals surface area contributed by atoms with Crippen molar-refractivity contribution in [3.8, 4) is 17.6 Å². The third-order valence-corrected chi connectivity index (χ3v) is 5.34. The summed E-state index contributed by atoms with van der Waals surface area (Å²) >= 11 is 1.16. The highest BCUT2D eigenvalue weighted by Crippen LogP contribution is 2.39. The van der Waals surface area contributed by atoms with Gasteiger partial charge in [0.2, 0.25) is 5.78 Å². The number of methoxy groups -OCH3 is 2. The Morgan fingerprint density at radius 1 is 1.11 bits per heavy atom. The second-order valence-corrected chi connectivity index (χ2v) is 7.07. The minimum atomic E-state index is -0.209. The molecule has 3 aromatic rings. The zero-order valence-corrected chi connectivity index (χ0v) is 16.5. The molecule has 3 N–H and O–H groups in total. The zero-order valence-electron chi connectivity index (χ0n) is 15.7. The number of nitriles is 1. The van der Waals surface area contributed by atoms with Crippen molar-refractivity contribution in [2.45, 2.75) is 6.92 Å². The fourth-order valence-corrected chi connectivity index (χ4v) is 3.75. The van der Waals surface area contributed by atoms with Gasteiger partial charge < -0.3 is 20.5 Å². The minimum Gasteiger partial charge on any atom is -0.493 e. The third-order valence-electron chi connectivity index (χ3n) is 4.22. The van der Waals surface area contributed by atoms with Crippen LogP contribution >= 0.6 is 11.3 Å². The average Bonchev–Trinajstić information content (AvgIpc) is 3.02. The van der Waals surface area contributed by atoms with Crippen LogP contribution in [0.1, 0.15) is 26.4 Å². The number of nitrogens with two attached hydrogens (primary N) is 1. The van der Waals surface area contributed by atoms with Crippen LogP contribution in [0.3, 0.4) is 0 Å². The molecule has 1 heterocycles. The van der Waals surface area contributed by atoms with Crippen molar-refractivity contribution in [1.82, 2.24) is 0 Å². The molecule has 0 aliphatic carbocycles. The minimum absolute atomic E-state index is 0.182. The van der Waals surface area contributed by atoms with Crippen molar-refractivity contribution in [3.63, 3.8) is 0 Å². The van der Waals surface area contributed by atoms with E-state index in [2.05, 4.69) is 11.4 Å². The number of benzene rings is 2. The molecule has 0 fully saturated rings. The number of carbonyl (C=O) groups excluding carboxylic acids is 1. The zero-order chi connectivity index (χ0) is 20.3. The highest BCUT2D eigenvalue weighted by molar-refractivity contribution is 7.19. The van der Waals surface area contributed by atoms with Gasteiger partial charge in [0.25, 0.3) is 0 Å². The second kappa shape index (κ2) is 8.03. The number of ketones is 1. The smallest absolute Gasteiger partial charge is 0.205 e. The molecule has 7 heteroatoms. The van der Waals surface area contributed by atoms with E-state index < -0.39 is 0 Å². The number of nitrogens with one attached hydrogen (secondary N) is 1. The Bertz CT molecular complexity index is 1070. The van der Waals surface area contributed by atoms with E-state index in [-0.39, 0.29) is 17.0 Å². The lowest BCUT2D eigenvalue weighted by atomic mass is 10.1. The lowest BCUT2D eigenvalue weighted by molar-refractivity contribution is 0.104. The number of hydrogen-bond acceptors (Lipinski definition) is 7. The first-order valence-electron chi connectivity index (χ1n) is 8.41. The number of thiophene rings is 1. The molecular weight excluding hydrogens is 374 g/mol. The van der Waals surface area contributed by atoms with Gasteiger partial charge in [0, 0.05) is 17.3 Å². The molecule has 0 atom stereocenters. The van der Waals surface area contributed by atoms with Crippen molar-refractivity contribution in [2.24, 2.45) is 0 Å². The standard InChI is InChI=1S/C21H19N3O3S/c1-12-4-6-13(7-5-12)19(25)20-18(23)15(11-22)21(28-20)24-14-8-9-16(26-2)17(10-14)27-3/h4-10,24H,23H2,1-3H3. The van der Waals surface area contributed by atoms with Crippen LogP contribution in [-0.4, -0.2) is 20.0 Å². The molecule has 6 nitrogen and oxygen atoms in total. The van der Waals surface area contributed by atoms with Crippen molar-refractivity contribution >= 4 is 33.5 Å². The van der Waals surface area contributed by atoms with Gasteiger partial charge in [-0.3, -0.25) is 4.79 Å². The fourth-order valence-electron chi connectivity index (χ4n) is 2.69. The Balaban J connectivity index is 1.97. The summed E-state index contributed by atoms with van der Waals surface area (Å²) in [5, 5.41) is 13.2. The lowest BCUT2D eigenvalue weighted by Crippen LogP contribution is -2.02. The molecule has 0 amide bonds. The second-order valence-electron chi connectivity index (χ2n) is 6.05. The van der Waals surface area contributed by atoms with Crippen molar-refractivity contribution in [1.29, 1.82) is 5.26 Å². The maximum Gasteiger partial charge on any atom is 0.205 e. The number of ether oxygens (including phenoxy) is 2. The van der Waals surface area contributed by atoms with E-state index in [0.717, 1.165) is 16.9 Å². The Labute approximate surface area is 167 Å². The van der Waals surface area contributed by atoms with E-state index in [0.29, 0.717) is 32.6 Å². The predicted octanol–water partition coefficient (Wildman–Crippen LogP) is 4.50. The summed E-state index contributed by atoms with van der Waals surface area (Å²) in [6, 6.07) is 14.6. The first-order chi connectivity index (χ1) is 13.5. The molecule has 2 aromatic carbocycles. The first-order valence-corrected chi connectivity index (χ1v) is 9.23. The number of rotatable bonds is 6. The molecule has 0 saturated carbocycles. The molecule has 0 aliphatic heterocycles. The van der Waals surface area contributed by atoms with Crippen LogP contribution in [-0.2, 0) is 0 Å². The molecule has 0 aliphatic rings. The van der Waals surface area contributed by atoms with Gasteiger partial charge in [-0.2, -0.15) is 5.26 Å². The van der Waals surface area contributed by atoms with Gasteiger partial charge in [-0.25, -0.2) is 0 Å². The van der Waals surface area contributed by atoms with Crippen molar-refractivity contribution in [2.75, 3.05) is 25.3 Å². The van der Waals surface area contributed by atoms with Gasteiger partial charge in [0.05, 0.1) is 19.9 Å². The molecule has 0 unspecified atom stereocenters. The number of nitrogens with zero attached hydrogens (tertiary/aromatic N) is 1. The maximum atomic E-state index is 12.9. The van der Waals surface area contributed by atoms with Crippen molar-refractivity contribution in [3.05, 3.63) is 64.0 Å². The maximum absolute atomic E-state index is 12.9. The van der Waals surface area contributed by atoms with Crippen LogP contribution in [0.25, 0.3) is 0 Å². The van der Waals surface area contributed by atoms with E-state index in [4.69, 9.17) is 15.2 Å². The summed E-state index contributed by atoms with van der Waals surface area (Å²) in [7, 11) is 3.10. The fraction of sp³-hybridized carbons (Fsp3) is 0.143. The quantitative estimate of drug-likeness (QED) is 0.598. The number of hydrogen-bond donors (Lipinski definition) is 2. The van der Waals surface area contributed by atoms with Gasteiger partial charge in [-0.1, -0.05) is 29.8 Å². The van der Waals surface area contributed by atoms with E-state index in [9.17, 15) is 10.1 Å².